The molecule has 1 aliphatic rings. The molecule has 0 aromatic carbocycles. The highest BCUT2D eigenvalue weighted by Gasteiger charge is 2.27. The molecule has 18 heavy (non-hydrogen) atoms. The zero-order valence-electron chi connectivity index (χ0n) is 11.4. The summed E-state index contributed by atoms with van der Waals surface area (Å²) in [5, 5.41) is 0. The zero-order chi connectivity index (χ0) is 13.1. The quantitative estimate of drug-likeness (QED) is 0.768. The molecule has 98 valence electrons. The Kier molecular flexibility index (Phi) is 4.00. The van der Waals surface area contributed by atoms with Crippen LogP contribution in [0.25, 0.3) is 0 Å². The molecule has 1 heterocycles. The van der Waals surface area contributed by atoms with E-state index in [2.05, 4.69) is 18.8 Å². The van der Waals surface area contributed by atoms with E-state index < -0.39 is 0 Å². The number of fused-ring (bicyclic) bond motifs is 1. The summed E-state index contributed by atoms with van der Waals surface area (Å²) in [6.45, 7) is 6.71. The summed E-state index contributed by atoms with van der Waals surface area (Å²) in [6.07, 6.45) is 4.97. The molecule has 1 atom stereocenters. The summed E-state index contributed by atoms with van der Waals surface area (Å²) < 4.78 is 5.07. The molecular formula is C15H21NO2. The third-order valence-corrected chi connectivity index (χ3v) is 3.43. The molecule has 3 nitrogen and oxygen atoms in total. The third-order valence-electron chi connectivity index (χ3n) is 3.43. The summed E-state index contributed by atoms with van der Waals surface area (Å²) in [6, 6.07) is 2.04. The predicted octanol–water partition coefficient (Wildman–Crippen LogP) is 3.02. The van der Waals surface area contributed by atoms with Gasteiger partial charge in [0.15, 0.2) is 5.69 Å². The molecule has 3 heteroatoms. The van der Waals surface area contributed by atoms with Gasteiger partial charge in [0.25, 0.3) is 0 Å². The van der Waals surface area contributed by atoms with Crippen molar-refractivity contribution < 1.29 is 9.53 Å². The average molecular weight is 247 g/mol. The second-order valence-electron chi connectivity index (χ2n) is 5.42. The molecule has 2 rings (SSSR count). The summed E-state index contributed by atoms with van der Waals surface area (Å²) >= 11 is 0. The fourth-order valence-electron chi connectivity index (χ4n) is 2.83. The number of nitrogens with zero attached hydrogens (tertiary/aromatic N) is 1. The van der Waals surface area contributed by atoms with Gasteiger partial charge in [0.2, 0.25) is 0 Å². The van der Waals surface area contributed by atoms with Crippen LogP contribution in [0, 0.1) is 11.8 Å². The lowest BCUT2D eigenvalue weighted by atomic mass is 9.94. The van der Waals surface area contributed by atoms with E-state index in [9.17, 15) is 4.79 Å². The van der Waals surface area contributed by atoms with Crippen molar-refractivity contribution in [3.05, 3.63) is 29.1 Å². The fraction of sp³-hybridized carbons (Fsp3) is 0.600. The first-order chi connectivity index (χ1) is 8.61. The fourth-order valence-corrected chi connectivity index (χ4v) is 2.83. The molecule has 0 saturated carbocycles. The van der Waals surface area contributed by atoms with E-state index in [0.717, 1.165) is 18.4 Å². The number of esters is 1. The van der Waals surface area contributed by atoms with Crippen molar-refractivity contribution in [3.63, 3.8) is 0 Å². The minimum absolute atomic E-state index is 0.278. The van der Waals surface area contributed by atoms with Crippen molar-refractivity contribution >= 4 is 5.97 Å². The monoisotopic (exact) mass is 247 g/mol. The van der Waals surface area contributed by atoms with E-state index >= 15 is 0 Å². The number of ether oxygens (including phenoxy) is 1. The maximum Gasteiger partial charge on any atom is 0.357 e. The van der Waals surface area contributed by atoms with Gasteiger partial charge in [-0.25, -0.2) is 9.78 Å². The van der Waals surface area contributed by atoms with Gasteiger partial charge in [-0.2, -0.15) is 0 Å². The van der Waals surface area contributed by atoms with Crippen LogP contribution in [0.4, 0.5) is 0 Å². The van der Waals surface area contributed by atoms with E-state index in [-0.39, 0.29) is 5.97 Å². The SMILES string of the molecule is CCOC(=O)c1nccc2c1CC(CC(C)C)C2. The number of pyridine rings is 1. The Morgan fingerprint density at radius 1 is 1.50 bits per heavy atom. The molecule has 0 saturated heterocycles. The van der Waals surface area contributed by atoms with Gasteiger partial charge in [-0.15, -0.1) is 0 Å². The van der Waals surface area contributed by atoms with Crippen LogP contribution in [-0.4, -0.2) is 17.6 Å². The van der Waals surface area contributed by atoms with Gasteiger partial charge in [0.1, 0.15) is 0 Å². The number of hydrogen-bond acceptors (Lipinski definition) is 3. The highest BCUT2D eigenvalue weighted by molar-refractivity contribution is 5.89. The number of carbonyl (C=O) groups excluding carboxylic acids is 1. The number of aromatic nitrogens is 1. The lowest BCUT2D eigenvalue weighted by molar-refractivity contribution is 0.0518. The maximum absolute atomic E-state index is 11.8. The lowest BCUT2D eigenvalue weighted by Crippen LogP contribution is -2.11. The standard InChI is InChI=1S/C15H21NO2/c1-4-18-15(17)14-13-9-11(7-10(2)3)8-12(13)5-6-16-14/h5-6,10-11H,4,7-9H2,1-3H3. The lowest BCUT2D eigenvalue weighted by Gasteiger charge is -2.11. The molecule has 0 aliphatic heterocycles. The minimum atomic E-state index is -0.278. The molecule has 0 radical (unpaired) electrons. The summed E-state index contributed by atoms with van der Waals surface area (Å²) in [5.41, 5.74) is 2.92. The van der Waals surface area contributed by atoms with Gasteiger partial charge in [0.05, 0.1) is 6.61 Å². The van der Waals surface area contributed by atoms with E-state index in [1.54, 1.807) is 6.20 Å². The van der Waals surface area contributed by atoms with Crippen molar-refractivity contribution in [1.82, 2.24) is 4.98 Å². The van der Waals surface area contributed by atoms with E-state index in [0.29, 0.717) is 24.1 Å². The molecule has 0 N–H and O–H groups in total. The largest absolute Gasteiger partial charge is 0.461 e. The van der Waals surface area contributed by atoms with Crippen molar-refractivity contribution in [2.75, 3.05) is 6.61 Å². The van der Waals surface area contributed by atoms with Gasteiger partial charge in [-0.1, -0.05) is 13.8 Å². The van der Waals surface area contributed by atoms with Crippen molar-refractivity contribution in [1.29, 1.82) is 0 Å². The first-order valence-corrected chi connectivity index (χ1v) is 6.75. The highest BCUT2D eigenvalue weighted by atomic mass is 16.5. The number of rotatable bonds is 4. The molecule has 1 aliphatic carbocycles. The van der Waals surface area contributed by atoms with Crippen molar-refractivity contribution in [2.24, 2.45) is 11.8 Å². The third kappa shape index (κ3) is 2.71. The normalized spacial score (nSPS) is 17.9. The molecule has 1 aromatic heterocycles. The Balaban J connectivity index is 2.19. The van der Waals surface area contributed by atoms with Crippen molar-refractivity contribution in [3.8, 4) is 0 Å². The molecular weight excluding hydrogens is 226 g/mol. The van der Waals surface area contributed by atoms with Gasteiger partial charge in [-0.05, 0) is 55.2 Å². The van der Waals surface area contributed by atoms with Crippen molar-refractivity contribution in [2.45, 2.75) is 40.0 Å². The van der Waals surface area contributed by atoms with Crippen LogP contribution in [0.3, 0.4) is 0 Å². The van der Waals surface area contributed by atoms with E-state index in [4.69, 9.17) is 4.74 Å². The Morgan fingerprint density at radius 2 is 2.28 bits per heavy atom. The van der Waals surface area contributed by atoms with Gasteiger partial charge in [0, 0.05) is 6.20 Å². The zero-order valence-corrected chi connectivity index (χ0v) is 11.4. The summed E-state index contributed by atoms with van der Waals surface area (Å²) in [5.74, 6) is 1.07. The maximum atomic E-state index is 11.8. The Morgan fingerprint density at radius 3 is 2.94 bits per heavy atom. The van der Waals surface area contributed by atoms with E-state index in [1.807, 2.05) is 13.0 Å². The topological polar surface area (TPSA) is 39.2 Å². The van der Waals surface area contributed by atoms with Crippen LogP contribution in [0.2, 0.25) is 0 Å². The average Bonchev–Trinajstić information content (AvgIpc) is 2.69. The van der Waals surface area contributed by atoms with Gasteiger partial charge in [-0.3, -0.25) is 0 Å². The van der Waals surface area contributed by atoms with Gasteiger partial charge >= 0.3 is 5.97 Å². The summed E-state index contributed by atoms with van der Waals surface area (Å²) in [4.78, 5) is 16.1. The van der Waals surface area contributed by atoms with Crippen LogP contribution < -0.4 is 0 Å². The second-order valence-corrected chi connectivity index (χ2v) is 5.42. The molecule has 0 bridgehead atoms. The molecule has 0 spiro atoms. The number of hydrogen-bond donors (Lipinski definition) is 0. The highest BCUT2D eigenvalue weighted by Crippen LogP contribution is 2.32. The van der Waals surface area contributed by atoms with Crippen LogP contribution in [0.1, 0.15) is 48.8 Å². The summed E-state index contributed by atoms with van der Waals surface area (Å²) in [7, 11) is 0. The molecule has 0 fully saturated rings. The van der Waals surface area contributed by atoms with Gasteiger partial charge < -0.3 is 4.74 Å². The second kappa shape index (κ2) is 5.51. The van der Waals surface area contributed by atoms with E-state index in [1.165, 1.54) is 12.0 Å². The molecule has 0 amide bonds. The van der Waals surface area contributed by atoms with Crippen LogP contribution >= 0.6 is 0 Å². The van der Waals surface area contributed by atoms with Crippen LogP contribution in [0.5, 0.6) is 0 Å². The Hall–Kier alpha value is -1.38. The minimum Gasteiger partial charge on any atom is -0.461 e. The number of carbonyl (C=O) groups is 1. The Bertz CT molecular complexity index is 440. The predicted molar refractivity (Wildman–Crippen MR) is 70.5 cm³/mol. The first-order valence-electron chi connectivity index (χ1n) is 6.75. The molecule has 1 aromatic rings. The molecule has 1 unspecified atom stereocenters. The van der Waals surface area contributed by atoms with Crippen LogP contribution in [-0.2, 0) is 17.6 Å². The Labute approximate surface area is 109 Å². The van der Waals surface area contributed by atoms with Crippen LogP contribution in [0.15, 0.2) is 12.3 Å². The smallest absolute Gasteiger partial charge is 0.357 e. The first kappa shape index (κ1) is 13.1.